The molecule has 21 heavy (non-hydrogen) atoms. The SMILES string of the molecule is CSc1ccc2c(ccn2S(=O)(=O)c2ccc(C)cc2)c1. The van der Waals surface area contributed by atoms with Crippen molar-refractivity contribution < 1.29 is 8.42 Å². The zero-order valence-electron chi connectivity index (χ0n) is 11.8. The van der Waals surface area contributed by atoms with Crippen molar-refractivity contribution in [1.29, 1.82) is 0 Å². The van der Waals surface area contributed by atoms with E-state index in [0.29, 0.717) is 10.4 Å². The van der Waals surface area contributed by atoms with Crippen LogP contribution in [0.15, 0.2) is 64.5 Å². The summed E-state index contributed by atoms with van der Waals surface area (Å²) in [5.41, 5.74) is 1.74. The van der Waals surface area contributed by atoms with E-state index in [1.807, 2.05) is 49.6 Å². The van der Waals surface area contributed by atoms with Gasteiger partial charge in [-0.05, 0) is 49.6 Å². The van der Waals surface area contributed by atoms with E-state index in [9.17, 15) is 8.42 Å². The zero-order chi connectivity index (χ0) is 15.0. The molecule has 0 spiro atoms. The molecule has 0 aliphatic heterocycles. The average molecular weight is 317 g/mol. The van der Waals surface area contributed by atoms with Gasteiger partial charge in [-0.2, -0.15) is 0 Å². The van der Waals surface area contributed by atoms with Crippen molar-refractivity contribution in [3.8, 4) is 0 Å². The van der Waals surface area contributed by atoms with Gasteiger partial charge in [-0.15, -0.1) is 11.8 Å². The number of nitrogens with zero attached hydrogens (tertiary/aromatic N) is 1. The normalized spacial score (nSPS) is 11.9. The van der Waals surface area contributed by atoms with Crippen LogP contribution in [0.25, 0.3) is 10.9 Å². The van der Waals surface area contributed by atoms with Crippen LogP contribution in [0.5, 0.6) is 0 Å². The molecule has 108 valence electrons. The van der Waals surface area contributed by atoms with E-state index in [1.165, 1.54) is 3.97 Å². The summed E-state index contributed by atoms with van der Waals surface area (Å²) in [6, 6.07) is 14.5. The molecule has 0 aliphatic carbocycles. The predicted molar refractivity (Wildman–Crippen MR) is 87.5 cm³/mol. The van der Waals surface area contributed by atoms with E-state index < -0.39 is 10.0 Å². The summed E-state index contributed by atoms with van der Waals surface area (Å²) in [5.74, 6) is 0. The Balaban J connectivity index is 2.17. The molecular formula is C16H15NO2S2. The van der Waals surface area contributed by atoms with Crippen LogP contribution in [0.2, 0.25) is 0 Å². The van der Waals surface area contributed by atoms with Crippen molar-refractivity contribution in [2.24, 2.45) is 0 Å². The summed E-state index contributed by atoms with van der Waals surface area (Å²) in [7, 11) is -3.55. The van der Waals surface area contributed by atoms with Gasteiger partial charge in [0, 0.05) is 16.5 Å². The minimum atomic E-state index is -3.55. The second-order valence-corrected chi connectivity index (χ2v) is 7.55. The first-order valence-corrected chi connectivity index (χ1v) is 9.16. The minimum absolute atomic E-state index is 0.305. The Kier molecular flexibility index (Phi) is 3.55. The molecule has 1 aromatic heterocycles. The Labute approximate surface area is 128 Å². The van der Waals surface area contributed by atoms with E-state index in [4.69, 9.17) is 0 Å². The summed E-state index contributed by atoms with van der Waals surface area (Å²) >= 11 is 1.64. The van der Waals surface area contributed by atoms with Gasteiger partial charge in [0.25, 0.3) is 10.0 Å². The first kappa shape index (κ1) is 14.2. The highest BCUT2D eigenvalue weighted by Gasteiger charge is 2.18. The Morgan fingerprint density at radius 2 is 1.71 bits per heavy atom. The van der Waals surface area contributed by atoms with Crippen LogP contribution in [-0.4, -0.2) is 18.6 Å². The number of aromatic nitrogens is 1. The molecule has 0 aliphatic rings. The van der Waals surface area contributed by atoms with Gasteiger partial charge in [0.15, 0.2) is 0 Å². The average Bonchev–Trinajstić information content (AvgIpc) is 2.91. The fraction of sp³-hybridized carbons (Fsp3) is 0.125. The Morgan fingerprint density at radius 1 is 1.00 bits per heavy atom. The monoisotopic (exact) mass is 317 g/mol. The predicted octanol–water partition coefficient (Wildman–Crippen LogP) is 3.91. The molecule has 5 heteroatoms. The van der Waals surface area contributed by atoms with Gasteiger partial charge in [-0.25, -0.2) is 12.4 Å². The number of thioether (sulfide) groups is 1. The highest BCUT2D eigenvalue weighted by Crippen LogP contribution is 2.26. The number of hydrogen-bond donors (Lipinski definition) is 0. The maximum absolute atomic E-state index is 12.7. The van der Waals surface area contributed by atoms with Crippen LogP contribution in [0.1, 0.15) is 5.56 Å². The van der Waals surface area contributed by atoms with Crippen molar-refractivity contribution in [2.75, 3.05) is 6.26 Å². The highest BCUT2D eigenvalue weighted by atomic mass is 32.2. The Morgan fingerprint density at radius 3 is 2.38 bits per heavy atom. The molecule has 0 unspecified atom stereocenters. The molecular weight excluding hydrogens is 302 g/mol. The van der Waals surface area contributed by atoms with Crippen molar-refractivity contribution in [2.45, 2.75) is 16.7 Å². The largest absolute Gasteiger partial charge is 0.268 e. The van der Waals surface area contributed by atoms with Crippen molar-refractivity contribution in [3.63, 3.8) is 0 Å². The van der Waals surface area contributed by atoms with E-state index >= 15 is 0 Å². The third-order valence-electron chi connectivity index (χ3n) is 3.44. The summed E-state index contributed by atoms with van der Waals surface area (Å²) in [6.45, 7) is 1.94. The molecule has 0 fully saturated rings. The molecule has 3 aromatic rings. The molecule has 0 bridgehead atoms. The summed E-state index contributed by atoms with van der Waals surface area (Å²) < 4.78 is 26.8. The summed E-state index contributed by atoms with van der Waals surface area (Å²) in [5, 5.41) is 0.928. The fourth-order valence-corrected chi connectivity index (χ4v) is 4.06. The first-order chi connectivity index (χ1) is 10.0. The first-order valence-electron chi connectivity index (χ1n) is 6.50. The molecule has 3 rings (SSSR count). The number of aryl methyl sites for hydroxylation is 1. The smallest absolute Gasteiger partial charge is 0.241 e. The number of fused-ring (bicyclic) bond motifs is 1. The lowest BCUT2D eigenvalue weighted by Crippen LogP contribution is -2.11. The second kappa shape index (κ2) is 5.24. The lowest BCUT2D eigenvalue weighted by molar-refractivity contribution is 0.589. The summed E-state index contributed by atoms with van der Waals surface area (Å²) in [4.78, 5) is 1.42. The Hall–Kier alpha value is -1.72. The Bertz CT molecular complexity index is 894. The van der Waals surface area contributed by atoms with Crippen LogP contribution < -0.4 is 0 Å². The van der Waals surface area contributed by atoms with Crippen LogP contribution in [0.3, 0.4) is 0 Å². The van der Waals surface area contributed by atoms with Crippen molar-refractivity contribution in [3.05, 3.63) is 60.3 Å². The molecule has 0 radical (unpaired) electrons. The van der Waals surface area contributed by atoms with Crippen molar-refractivity contribution in [1.82, 2.24) is 3.97 Å². The molecule has 0 atom stereocenters. The van der Waals surface area contributed by atoms with Crippen LogP contribution in [0.4, 0.5) is 0 Å². The zero-order valence-corrected chi connectivity index (χ0v) is 13.4. The topological polar surface area (TPSA) is 39.1 Å². The highest BCUT2D eigenvalue weighted by molar-refractivity contribution is 7.98. The molecule has 0 saturated heterocycles. The lowest BCUT2D eigenvalue weighted by atomic mass is 10.2. The van der Waals surface area contributed by atoms with Gasteiger partial charge in [0.05, 0.1) is 10.4 Å². The van der Waals surface area contributed by atoms with E-state index in [2.05, 4.69) is 0 Å². The standard InChI is InChI=1S/C16H15NO2S2/c1-12-3-6-15(7-4-12)21(18,19)17-10-9-13-11-14(20-2)5-8-16(13)17/h3-11H,1-2H3. The minimum Gasteiger partial charge on any atom is -0.241 e. The van der Waals surface area contributed by atoms with Gasteiger partial charge in [-0.1, -0.05) is 17.7 Å². The van der Waals surface area contributed by atoms with Crippen molar-refractivity contribution >= 4 is 32.7 Å². The number of hydrogen-bond acceptors (Lipinski definition) is 3. The maximum Gasteiger partial charge on any atom is 0.268 e. The van der Waals surface area contributed by atoms with E-state index in [0.717, 1.165) is 15.8 Å². The van der Waals surface area contributed by atoms with Gasteiger partial charge >= 0.3 is 0 Å². The molecule has 0 saturated carbocycles. The lowest BCUT2D eigenvalue weighted by Gasteiger charge is -2.08. The molecule has 3 nitrogen and oxygen atoms in total. The third-order valence-corrected chi connectivity index (χ3v) is 5.87. The van der Waals surface area contributed by atoms with Gasteiger partial charge in [-0.3, -0.25) is 0 Å². The number of rotatable bonds is 3. The third kappa shape index (κ3) is 2.47. The van der Waals surface area contributed by atoms with Crippen LogP contribution in [-0.2, 0) is 10.0 Å². The van der Waals surface area contributed by atoms with Gasteiger partial charge in [0.2, 0.25) is 0 Å². The molecule has 1 heterocycles. The molecule has 2 aromatic carbocycles. The maximum atomic E-state index is 12.7. The molecule has 0 amide bonds. The van der Waals surface area contributed by atoms with Crippen LogP contribution >= 0.6 is 11.8 Å². The van der Waals surface area contributed by atoms with Gasteiger partial charge in [0.1, 0.15) is 0 Å². The second-order valence-electron chi connectivity index (χ2n) is 4.85. The van der Waals surface area contributed by atoms with E-state index in [-0.39, 0.29) is 0 Å². The van der Waals surface area contributed by atoms with Crippen LogP contribution in [0, 0.1) is 6.92 Å². The quantitative estimate of drug-likeness (QED) is 0.688. The molecule has 0 N–H and O–H groups in total. The summed E-state index contributed by atoms with van der Waals surface area (Å²) in [6.07, 6.45) is 3.62. The fourth-order valence-electron chi connectivity index (χ4n) is 2.26. The van der Waals surface area contributed by atoms with Gasteiger partial charge < -0.3 is 0 Å². The van der Waals surface area contributed by atoms with E-state index in [1.54, 1.807) is 30.1 Å². The number of benzene rings is 2.